The van der Waals surface area contributed by atoms with Crippen molar-refractivity contribution in [2.75, 3.05) is 10.6 Å². The third kappa shape index (κ3) is 3.18. The van der Waals surface area contributed by atoms with E-state index in [2.05, 4.69) is 20.6 Å². The van der Waals surface area contributed by atoms with Gasteiger partial charge in [-0.1, -0.05) is 12.1 Å². The van der Waals surface area contributed by atoms with Crippen LogP contribution in [0.3, 0.4) is 0 Å². The van der Waals surface area contributed by atoms with Crippen LogP contribution in [0.4, 0.5) is 15.2 Å². The monoisotopic (exact) mass is 368 g/mol. The number of carbonyl (C=O) groups is 2. The third-order valence-corrected chi connectivity index (χ3v) is 4.79. The largest absolute Gasteiger partial charge is 0.326 e. The molecule has 1 atom stereocenters. The zero-order valence-electron chi connectivity index (χ0n) is 13.4. The van der Waals surface area contributed by atoms with Crippen LogP contribution < -0.4 is 10.6 Å². The maximum Gasteiger partial charge on any atom is 0.234 e. The van der Waals surface area contributed by atoms with Crippen LogP contribution in [-0.4, -0.2) is 21.8 Å². The van der Waals surface area contributed by atoms with E-state index in [1.54, 1.807) is 11.6 Å². The van der Waals surface area contributed by atoms with Gasteiger partial charge in [-0.3, -0.25) is 14.6 Å². The molecule has 1 aromatic carbocycles. The van der Waals surface area contributed by atoms with Gasteiger partial charge in [0.1, 0.15) is 11.5 Å². The van der Waals surface area contributed by atoms with Crippen LogP contribution in [0, 0.1) is 5.82 Å². The molecule has 6 nitrogen and oxygen atoms in total. The number of anilines is 2. The van der Waals surface area contributed by atoms with Gasteiger partial charge in [-0.15, -0.1) is 11.3 Å². The highest BCUT2D eigenvalue weighted by Crippen LogP contribution is 2.34. The molecular formula is C18H13FN4O2S. The van der Waals surface area contributed by atoms with Crippen LogP contribution in [-0.2, 0) is 9.59 Å². The van der Waals surface area contributed by atoms with Crippen LogP contribution in [0.1, 0.15) is 17.9 Å². The summed E-state index contributed by atoms with van der Waals surface area (Å²) in [5.41, 5.74) is 2.29. The fourth-order valence-electron chi connectivity index (χ4n) is 2.83. The molecule has 130 valence electrons. The van der Waals surface area contributed by atoms with Crippen molar-refractivity contribution in [1.29, 1.82) is 0 Å². The predicted octanol–water partition coefficient (Wildman–Crippen LogP) is 3.41. The van der Waals surface area contributed by atoms with E-state index >= 15 is 0 Å². The molecule has 0 spiro atoms. The lowest BCUT2D eigenvalue weighted by atomic mass is 9.90. The van der Waals surface area contributed by atoms with Crippen LogP contribution in [0.15, 0.2) is 48.0 Å². The molecule has 4 rings (SSSR count). The Labute approximate surface area is 152 Å². The van der Waals surface area contributed by atoms with Gasteiger partial charge in [0.05, 0.1) is 11.6 Å². The van der Waals surface area contributed by atoms with Crippen molar-refractivity contribution >= 4 is 34.0 Å². The Morgan fingerprint density at radius 2 is 2.15 bits per heavy atom. The molecule has 0 aliphatic carbocycles. The number of thiazole rings is 1. The molecule has 0 saturated carbocycles. The first-order chi connectivity index (χ1) is 12.6. The summed E-state index contributed by atoms with van der Waals surface area (Å²) in [6.45, 7) is 0. The maximum absolute atomic E-state index is 13.4. The number of rotatable bonds is 3. The molecule has 3 aromatic rings. The van der Waals surface area contributed by atoms with E-state index in [0.717, 1.165) is 0 Å². The second-order valence-electron chi connectivity index (χ2n) is 5.78. The normalized spacial score (nSPS) is 15.9. The van der Waals surface area contributed by atoms with Gasteiger partial charge in [0.2, 0.25) is 11.8 Å². The average Bonchev–Trinajstić information content (AvgIpc) is 3.10. The Balaban J connectivity index is 1.56. The van der Waals surface area contributed by atoms with Gasteiger partial charge in [-0.05, 0) is 29.8 Å². The summed E-state index contributed by atoms with van der Waals surface area (Å²) in [4.78, 5) is 33.1. The van der Waals surface area contributed by atoms with Crippen molar-refractivity contribution in [1.82, 2.24) is 9.97 Å². The molecular weight excluding hydrogens is 355 g/mol. The second-order valence-corrected chi connectivity index (χ2v) is 6.64. The molecule has 2 aromatic heterocycles. The first-order valence-electron chi connectivity index (χ1n) is 7.87. The number of nitrogens with zero attached hydrogens (tertiary/aromatic N) is 2. The van der Waals surface area contributed by atoms with E-state index < -0.39 is 11.7 Å². The number of fused-ring (bicyclic) bond motifs is 1. The molecule has 1 aliphatic rings. The number of amides is 2. The molecule has 2 N–H and O–H groups in total. The number of hydrogen-bond donors (Lipinski definition) is 2. The zero-order chi connectivity index (χ0) is 18.1. The van der Waals surface area contributed by atoms with E-state index in [0.29, 0.717) is 27.8 Å². The quantitative estimate of drug-likeness (QED) is 0.742. The number of halogens is 1. The van der Waals surface area contributed by atoms with Crippen molar-refractivity contribution in [3.05, 3.63) is 59.4 Å². The van der Waals surface area contributed by atoms with Gasteiger partial charge in [0, 0.05) is 23.7 Å². The van der Waals surface area contributed by atoms with Crippen molar-refractivity contribution in [3.63, 3.8) is 0 Å². The Morgan fingerprint density at radius 1 is 1.27 bits per heavy atom. The minimum Gasteiger partial charge on any atom is -0.326 e. The standard InChI is InChI=1S/C18H13FN4O2S/c19-10-4-5-11-12(8-16(24)21-14(11)7-10)17(25)23-18-22-15(9-26-18)13-3-1-2-6-20-13/h1-7,9,12H,8H2,(H,21,24)(H,22,23,25). The van der Waals surface area contributed by atoms with Gasteiger partial charge in [-0.25, -0.2) is 9.37 Å². The molecule has 0 radical (unpaired) electrons. The minimum atomic E-state index is -0.693. The van der Waals surface area contributed by atoms with Gasteiger partial charge >= 0.3 is 0 Å². The molecule has 0 saturated heterocycles. The maximum atomic E-state index is 13.4. The summed E-state index contributed by atoms with van der Waals surface area (Å²) in [7, 11) is 0. The summed E-state index contributed by atoms with van der Waals surface area (Å²) in [5.74, 6) is -1.84. The molecule has 3 heterocycles. The minimum absolute atomic E-state index is 0.00292. The fraction of sp³-hybridized carbons (Fsp3) is 0.111. The third-order valence-electron chi connectivity index (χ3n) is 4.03. The highest BCUT2D eigenvalue weighted by molar-refractivity contribution is 7.14. The van der Waals surface area contributed by atoms with Crippen molar-refractivity contribution in [2.45, 2.75) is 12.3 Å². The lowest BCUT2D eigenvalue weighted by molar-refractivity contribution is -0.123. The van der Waals surface area contributed by atoms with Gasteiger partial charge < -0.3 is 10.6 Å². The molecule has 0 bridgehead atoms. The van der Waals surface area contributed by atoms with E-state index in [1.807, 2.05) is 18.2 Å². The highest BCUT2D eigenvalue weighted by atomic mass is 32.1. The topological polar surface area (TPSA) is 84.0 Å². The van der Waals surface area contributed by atoms with E-state index in [4.69, 9.17) is 0 Å². The predicted molar refractivity (Wildman–Crippen MR) is 96.4 cm³/mol. The lowest BCUT2D eigenvalue weighted by Crippen LogP contribution is -2.30. The van der Waals surface area contributed by atoms with Crippen molar-refractivity contribution in [2.24, 2.45) is 0 Å². The van der Waals surface area contributed by atoms with E-state index in [1.165, 1.54) is 29.5 Å². The van der Waals surface area contributed by atoms with E-state index in [9.17, 15) is 14.0 Å². The molecule has 26 heavy (non-hydrogen) atoms. The number of nitrogens with one attached hydrogen (secondary N) is 2. The molecule has 2 amide bonds. The van der Waals surface area contributed by atoms with Gasteiger partial charge in [-0.2, -0.15) is 0 Å². The van der Waals surface area contributed by atoms with Crippen molar-refractivity contribution in [3.8, 4) is 11.4 Å². The summed E-state index contributed by atoms with van der Waals surface area (Å²) in [6.07, 6.45) is 1.67. The summed E-state index contributed by atoms with van der Waals surface area (Å²) in [5, 5.41) is 7.56. The second kappa shape index (κ2) is 6.64. The van der Waals surface area contributed by atoms with Crippen LogP contribution in [0.25, 0.3) is 11.4 Å². The molecule has 1 unspecified atom stereocenters. The summed E-state index contributed by atoms with van der Waals surface area (Å²) in [6, 6.07) is 9.52. The zero-order valence-corrected chi connectivity index (χ0v) is 14.2. The van der Waals surface area contributed by atoms with Crippen LogP contribution in [0.5, 0.6) is 0 Å². The first kappa shape index (κ1) is 16.3. The fourth-order valence-corrected chi connectivity index (χ4v) is 3.53. The molecule has 0 fully saturated rings. The molecule has 1 aliphatic heterocycles. The number of benzene rings is 1. The Bertz CT molecular complexity index is 990. The highest BCUT2D eigenvalue weighted by Gasteiger charge is 2.31. The first-order valence-corrected chi connectivity index (χ1v) is 8.75. The van der Waals surface area contributed by atoms with Crippen LogP contribution in [0.2, 0.25) is 0 Å². The average molecular weight is 368 g/mol. The number of pyridine rings is 1. The number of carbonyl (C=O) groups excluding carboxylic acids is 2. The molecule has 8 heteroatoms. The number of aromatic nitrogens is 2. The number of hydrogen-bond acceptors (Lipinski definition) is 5. The van der Waals surface area contributed by atoms with E-state index in [-0.39, 0.29) is 18.2 Å². The smallest absolute Gasteiger partial charge is 0.234 e. The van der Waals surface area contributed by atoms with Gasteiger partial charge in [0.25, 0.3) is 0 Å². The summed E-state index contributed by atoms with van der Waals surface area (Å²) < 4.78 is 13.4. The lowest BCUT2D eigenvalue weighted by Gasteiger charge is -2.24. The van der Waals surface area contributed by atoms with Crippen LogP contribution >= 0.6 is 11.3 Å². The SMILES string of the molecule is O=C1CC(C(=O)Nc2nc(-c3ccccn3)cs2)c2ccc(F)cc2N1. The Kier molecular flexibility index (Phi) is 4.18. The Morgan fingerprint density at radius 3 is 2.96 bits per heavy atom. The summed E-state index contributed by atoms with van der Waals surface area (Å²) >= 11 is 1.28. The van der Waals surface area contributed by atoms with Gasteiger partial charge in [0.15, 0.2) is 5.13 Å². The Hall–Kier alpha value is -3.13. The van der Waals surface area contributed by atoms with Crippen molar-refractivity contribution < 1.29 is 14.0 Å².